The number of hydrazine groups is 1. The summed E-state index contributed by atoms with van der Waals surface area (Å²) >= 11 is 0. The van der Waals surface area contributed by atoms with Crippen LogP contribution in [0.4, 0.5) is 0 Å². The van der Waals surface area contributed by atoms with E-state index in [1.54, 1.807) is 0 Å². The average Bonchev–Trinajstić information content (AvgIpc) is 2.53. The van der Waals surface area contributed by atoms with Crippen molar-refractivity contribution in [2.75, 3.05) is 7.05 Å². The van der Waals surface area contributed by atoms with Crippen molar-refractivity contribution in [3.8, 4) is 0 Å². The fraction of sp³-hybridized carbons (Fsp3) is 0.625. The summed E-state index contributed by atoms with van der Waals surface area (Å²) in [5.74, 6) is -0.770. The van der Waals surface area contributed by atoms with Crippen molar-refractivity contribution in [1.29, 1.82) is 0 Å². The summed E-state index contributed by atoms with van der Waals surface area (Å²) in [5, 5.41) is 10.7. The van der Waals surface area contributed by atoms with Gasteiger partial charge in [0.1, 0.15) is 6.04 Å². The Bertz CT molecular complexity index is 260. The van der Waals surface area contributed by atoms with Gasteiger partial charge in [0.25, 0.3) is 0 Å². The van der Waals surface area contributed by atoms with Gasteiger partial charge in [0.2, 0.25) is 0 Å². The van der Waals surface area contributed by atoms with Crippen LogP contribution in [0.2, 0.25) is 0 Å². The van der Waals surface area contributed by atoms with Gasteiger partial charge in [0.15, 0.2) is 0 Å². The molecule has 4 nitrogen and oxygen atoms in total. The van der Waals surface area contributed by atoms with Crippen molar-refractivity contribution in [2.45, 2.75) is 25.3 Å². The van der Waals surface area contributed by atoms with Crippen LogP contribution < -0.4 is 5.43 Å². The molecular weight excluding hydrogens is 156 g/mol. The highest BCUT2D eigenvalue weighted by atomic mass is 16.4. The van der Waals surface area contributed by atoms with E-state index in [1.165, 1.54) is 5.70 Å². The first-order valence-corrected chi connectivity index (χ1v) is 4.15. The highest BCUT2D eigenvalue weighted by molar-refractivity contribution is 5.78. The lowest BCUT2D eigenvalue weighted by Gasteiger charge is -2.17. The molecule has 0 aromatic heterocycles. The number of carboxylic acids is 1. The molecule has 0 fully saturated rings. The molecule has 0 aromatic rings. The van der Waals surface area contributed by atoms with Crippen molar-refractivity contribution in [1.82, 2.24) is 10.4 Å². The maximum atomic E-state index is 10.8. The minimum Gasteiger partial charge on any atom is -0.480 e. The monoisotopic (exact) mass is 168 g/mol. The van der Waals surface area contributed by atoms with Crippen molar-refractivity contribution < 1.29 is 9.90 Å². The molecule has 0 saturated carbocycles. The Morgan fingerprint density at radius 2 is 2.42 bits per heavy atom. The van der Waals surface area contributed by atoms with Crippen LogP contribution in [-0.2, 0) is 4.79 Å². The SMILES string of the molecule is CN1NC(C(=O)O)C2=C1CCC2. The van der Waals surface area contributed by atoms with Gasteiger partial charge in [0.05, 0.1) is 0 Å². The van der Waals surface area contributed by atoms with Crippen molar-refractivity contribution in [2.24, 2.45) is 0 Å². The van der Waals surface area contributed by atoms with Gasteiger partial charge >= 0.3 is 5.97 Å². The fourth-order valence-electron chi connectivity index (χ4n) is 2.00. The molecule has 4 heteroatoms. The number of carboxylic acid groups (broad SMARTS) is 1. The molecule has 2 rings (SSSR count). The lowest BCUT2D eigenvalue weighted by Crippen LogP contribution is -2.40. The van der Waals surface area contributed by atoms with Crippen LogP contribution in [0.3, 0.4) is 0 Å². The summed E-state index contributed by atoms with van der Waals surface area (Å²) in [5.41, 5.74) is 5.17. The van der Waals surface area contributed by atoms with Crippen LogP contribution in [0.5, 0.6) is 0 Å². The Morgan fingerprint density at radius 3 is 3.08 bits per heavy atom. The number of rotatable bonds is 1. The highest BCUT2D eigenvalue weighted by Crippen LogP contribution is 2.33. The zero-order valence-electron chi connectivity index (χ0n) is 7.00. The first kappa shape index (κ1) is 7.61. The number of hydrogen-bond donors (Lipinski definition) is 2. The molecule has 1 atom stereocenters. The largest absolute Gasteiger partial charge is 0.480 e. The standard InChI is InChI=1S/C8H12N2O2/c1-10-6-4-2-3-5(6)7(9-10)8(11)12/h7,9H,2-4H2,1H3,(H,11,12). The number of carbonyl (C=O) groups is 1. The minimum absolute atomic E-state index is 0.465. The summed E-state index contributed by atoms with van der Waals surface area (Å²) in [7, 11) is 1.88. The summed E-state index contributed by atoms with van der Waals surface area (Å²) in [4.78, 5) is 10.8. The van der Waals surface area contributed by atoms with E-state index in [9.17, 15) is 4.79 Å². The van der Waals surface area contributed by atoms with Crippen LogP contribution in [0, 0.1) is 0 Å². The van der Waals surface area contributed by atoms with Crippen molar-refractivity contribution >= 4 is 5.97 Å². The summed E-state index contributed by atoms with van der Waals surface area (Å²) in [6.45, 7) is 0. The van der Waals surface area contributed by atoms with Gasteiger partial charge in [0, 0.05) is 12.7 Å². The average molecular weight is 168 g/mol. The Kier molecular flexibility index (Phi) is 1.58. The predicted molar refractivity (Wildman–Crippen MR) is 43.2 cm³/mol. The topological polar surface area (TPSA) is 52.6 Å². The van der Waals surface area contributed by atoms with Gasteiger partial charge in [-0.3, -0.25) is 4.79 Å². The highest BCUT2D eigenvalue weighted by Gasteiger charge is 2.35. The molecule has 0 amide bonds. The van der Waals surface area contributed by atoms with E-state index in [-0.39, 0.29) is 0 Å². The van der Waals surface area contributed by atoms with Crippen LogP contribution in [0.1, 0.15) is 19.3 Å². The number of allylic oxidation sites excluding steroid dienone is 1. The number of hydrogen-bond acceptors (Lipinski definition) is 3. The molecule has 66 valence electrons. The molecule has 2 N–H and O–H groups in total. The van der Waals surface area contributed by atoms with Crippen molar-refractivity contribution in [3.63, 3.8) is 0 Å². The zero-order valence-corrected chi connectivity index (χ0v) is 7.00. The van der Waals surface area contributed by atoms with E-state index < -0.39 is 12.0 Å². The minimum atomic E-state index is -0.770. The molecule has 0 spiro atoms. The summed E-state index contributed by atoms with van der Waals surface area (Å²) < 4.78 is 0. The lowest BCUT2D eigenvalue weighted by molar-refractivity contribution is -0.139. The Balaban J connectivity index is 2.27. The second kappa shape index (κ2) is 2.48. The number of nitrogens with zero attached hydrogens (tertiary/aromatic N) is 1. The third-order valence-electron chi connectivity index (χ3n) is 2.55. The van der Waals surface area contributed by atoms with Crippen LogP contribution in [0.25, 0.3) is 0 Å². The van der Waals surface area contributed by atoms with Gasteiger partial charge < -0.3 is 10.1 Å². The van der Waals surface area contributed by atoms with Crippen LogP contribution in [-0.4, -0.2) is 29.2 Å². The maximum Gasteiger partial charge on any atom is 0.326 e. The van der Waals surface area contributed by atoms with Gasteiger partial charge in [-0.25, -0.2) is 5.43 Å². The third-order valence-corrected chi connectivity index (χ3v) is 2.55. The van der Waals surface area contributed by atoms with Crippen LogP contribution in [0.15, 0.2) is 11.3 Å². The fourth-order valence-corrected chi connectivity index (χ4v) is 2.00. The number of nitrogens with one attached hydrogen (secondary N) is 1. The zero-order chi connectivity index (χ0) is 8.72. The van der Waals surface area contributed by atoms with Gasteiger partial charge in [-0.15, -0.1) is 0 Å². The van der Waals surface area contributed by atoms with Crippen LogP contribution >= 0.6 is 0 Å². The Labute approximate surface area is 70.8 Å². The molecule has 0 bridgehead atoms. The summed E-state index contributed by atoms with van der Waals surface area (Å²) in [6, 6.07) is -0.465. The molecule has 1 unspecified atom stereocenters. The van der Waals surface area contributed by atoms with Crippen molar-refractivity contribution in [3.05, 3.63) is 11.3 Å². The lowest BCUT2D eigenvalue weighted by atomic mass is 10.1. The van der Waals surface area contributed by atoms with E-state index in [0.29, 0.717) is 0 Å². The predicted octanol–water partition coefficient (Wildman–Crippen LogP) is 0.328. The molecular formula is C8H12N2O2. The second-order valence-electron chi connectivity index (χ2n) is 3.28. The van der Waals surface area contributed by atoms with E-state index >= 15 is 0 Å². The normalized spacial score (nSPS) is 28.1. The van der Waals surface area contributed by atoms with E-state index in [0.717, 1.165) is 24.8 Å². The quantitative estimate of drug-likeness (QED) is 0.592. The van der Waals surface area contributed by atoms with E-state index in [4.69, 9.17) is 5.11 Å². The summed E-state index contributed by atoms with van der Waals surface area (Å²) in [6.07, 6.45) is 3.05. The number of aliphatic carboxylic acids is 1. The first-order valence-electron chi connectivity index (χ1n) is 4.15. The van der Waals surface area contributed by atoms with E-state index in [1.807, 2.05) is 12.1 Å². The van der Waals surface area contributed by atoms with E-state index in [2.05, 4.69) is 5.43 Å². The Hall–Kier alpha value is -1.03. The first-order chi connectivity index (χ1) is 5.70. The Morgan fingerprint density at radius 1 is 1.67 bits per heavy atom. The smallest absolute Gasteiger partial charge is 0.326 e. The molecule has 1 aliphatic carbocycles. The molecule has 0 saturated heterocycles. The molecule has 2 aliphatic rings. The third kappa shape index (κ3) is 0.914. The van der Waals surface area contributed by atoms with Gasteiger partial charge in [-0.1, -0.05) is 0 Å². The second-order valence-corrected chi connectivity index (χ2v) is 3.28. The van der Waals surface area contributed by atoms with Gasteiger partial charge in [-0.2, -0.15) is 0 Å². The molecule has 0 aromatic carbocycles. The maximum absolute atomic E-state index is 10.8. The van der Waals surface area contributed by atoms with Gasteiger partial charge in [-0.05, 0) is 24.8 Å². The molecule has 12 heavy (non-hydrogen) atoms. The molecule has 0 radical (unpaired) electrons. The molecule has 1 aliphatic heterocycles. The molecule has 1 heterocycles.